The summed E-state index contributed by atoms with van der Waals surface area (Å²) in [6.07, 6.45) is -0.223. The minimum atomic E-state index is -1.51. The lowest BCUT2D eigenvalue weighted by molar-refractivity contribution is -0.145. The summed E-state index contributed by atoms with van der Waals surface area (Å²) < 4.78 is 0. The van der Waals surface area contributed by atoms with Gasteiger partial charge in [0.25, 0.3) is 0 Å². The number of carbonyl (C=O) groups excluding carboxylic acids is 3. The molecule has 0 bridgehead atoms. The lowest BCUT2D eigenvalue weighted by Crippen LogP contribution is -2.57. The third-order valence-electron chi connectivity index (χ3n) is 3.91. The second kappa shape index (κ2) is 9.59. The molecule has 142 valence electrons. The van der Waals surface area contributed by atoms with Gasteiger partial charge in [0.1, 0.15) is 12.1 Å². The SMILES string of the molecule is CC(O)C(NC(=O)C(CS)NC(=O)C1CCCN1C(=O)CN)C(=O)O. The van der Waals surface area contributed by atoms with Crippen molar-refractivity contribution in [1.82, 2.24) is 15.5 Å². The maximum Gasteiger partial charge on any atom is 0.328 e. The van der Waals surface area contributed by atoms with Crippen LogP contribution in [0, 0.1) is 0 Å². The summed E-state index contributed by atoms with van der Waals surface area (Å²) in [5, 5.41) is 23.0. The van der Waals surface area contributed by atoms with Crippen molar-refractivity contribution < 1.29 is 29.4 Å². The van der Waals surface area contributed by atoms with Crippen molar-refractivity contribution in [3.05, 3.63) is 0 Å². The van der Waals surface area contributed by atoms with Gasteiger partial charge in [-0.3, -0.25) is 14.4 Å². The minimum Gasteiger partial charge on any atom is -0.480 e. The summed E-state index contributed by atoms with van der Waals surface area (Å²) in [4.78, 5) is 48.7. The number of hydrogen-bond donors (Lipinski definition) is 6. The van der Waals surface area contributed by atoms with Crippen LogP contribution in [0.1, 0.15) is 19.8 Å². The molecule has 10 nitrogen and oxygen atoms in total. The number of thiol groups is 1. The number of aliphatic hydroxyl groups excluding tert-OH is 1. The van der Waals surface area contributed by atoms with Gasteiger partial charge in [0.2, 0.25) is 17.7 Å². The van der Waals surface area contributed by atoms with Crippen molar-refractivity contribution in [3.63, 3.8) is 0 Å². The fourth-order valence-electron chi connectivity index (χ4n) is 2.56. The number of aliphatic hydroxyl groups is 1. The molecule has 0 aromatic rings. The first kappa shape index (κ1) is 21.2. The third kappa shape index (κ3) is 5.58. The molecular weight excluding hydrogens is 352 g/mol. The average molecular weight is 376 g/mol. The maximum absolute atomic E-state index is 12.4. The number of carboxylic acids is 1. The number of likely N-dealkylation sites (tertiary alicyclic amines) is 1. The Morgan fingerprint density at radius 2 is 1.96 bits per heavy atom. The Bertz CT molecular complexity index is 529. The van der Waals surface area contributed by atoms with Crippen molar-refractivity contribution in [2.75, 3.05) is 18.8 Å². The number of hydrogen-bond acceptors (Lipinski definition) is 7. The number of aliphatic carboxylic acids is 1. The van der Waals surface area contributed by atoms with Gasteiger partial charge < -0.3 is 31.5 Å². The highest BCUT2D eigenvalue weighted by molar-refractivity contribution is 7.80. The molecule has 0 spiro atoms. The molecule has 6 N–H and O–H groups in total. The standard InChI is InChI=1S/C14H24N4O6S/c1-7(19)11(14(23)24)17-12(21)8(6-25)16-13(22)9-3-2-4-18(9)10(20)5-15/h7-9,11,19,25H,2-6,15H2,1H3,(H,16,22)(H,17,21)(H,23,24). The van der Waals surface area contributed by atoms with Crippen LogP contribution >= 0.6 is 12.6 Å². The number of nitrogens with one attached hydrogen (secondary N) is 2. The third-order valence-corrected chi connectivity index (χ3v) is 4.28. The summed E-state index contributed by atoms with van der Waals surface area (Å²) in [6.45, 7) is 1.42. The first-order chi connectivity index (χ1) is 11.7. The first-order valence-electron chi connectivity index (χ1n) is 7.84. The molecule has 0 aromatic heterocycles. The molecule has 4 atom stereocenters. The summed E-state index contributed by atoms with van der Waals surface area (Å²) in [5.41, 5.74) is 5.32. The van der Waals surface area contributed by atoms with E-state index in [1.165, 1.54) is 11.8 Å². The molecule has 0 saturated carbocycles. The smallest absolute Gasteiger partial charge is 0.328 e. The van der Waals surface area contributed by atoms with E-state index in [9.17, 15) is 24.3 Å². The number of amides is 3. The molecule has 1 fully saturated rings. The van der Waals surface area contributed by atoms with E-state index in [2.05, 4.69) is 23.3 Å². The molecule has 0 aliphatic carbocycles. The summed E-state index contributed by atoms with van der Waals surface area (Å²) in [5.74, 6) is -3.15. The number of rotatable bonds is 8. The van der Waals surface area contributed by atoms with Gasteiger partial charge in [-0.15, -0.1) is 0 Å². The largest absolute Gasteiger partial charge is 0.480 e. The van der Waals surface area contributed by atoms with E-state index in [1.807, 2.05) is 0 Å². The molecule has 1 aliphatic rings. The molecule has 1 saturated heterocycles. The predicted molar refractivity (Wildman–Crippen MR) is 90.8 cm³/mol. The van der Waals surface area contributed by atoms with E-state index in [0.717, 1.165) is 0 Å². The van der Waals surface area contributed by atoms with Gasteiger partial charge in [0.15, 0.2) is 6.04 Å². The van der Waals surface area contributed by atoms with E-state index in [-0.39, 0.29) is 18.2 Å². The Balaban J connectivity index is 2.74. The predicted octanol–water partition coefficient (Wildman–Crippen LogP) is -2.70. The molecule has 11 heteroatoms. The molecule has 0 aromatic carbocycles. The highest BCUT2D eigenvalue weighted by Gasteiger charge is 2.36. The second-order valence-electron chi connectivity index (χ2n) is 5.76. The fraction of sp³-hybridized carbons (Fsp3) is 0.714. The highest BCUT2D eigenvalue weighted by Crippen LogP contribution is 2.17. The second-order valence-corrected chi connectivity index (χ2v) is 6.12. The van der Waals surface area contributed by atoms with Crippen molar-refractivity contribution in [2.24, 2.45) is 5.73 Å². The van der Waals surface area contributed by atoms with Gasteiger partial charge in [-0.25, -0.2) is 4.79 Å². The molecule has 1 heterocycles. The topological polar surface area (TPSA) is 162 Å². The molecule has 25 heavy (non-hydrogen) atoms. The zero-order valence-corrected chi connectivity index (χ0v) is 14.7. The van der Waals surface area contributed by atoms with Crippen LogP contribution in [0.5, 0.6) is 0 Å². The van der Waals surface area contributed by atoms with Crippen LogP contribution in [0.2, 0.25) is 0 Å². The lowest BCUT2D eigenvalue weighted by Gasteiger charge is -2.26. The summed E-state index contributed by atoms with van der Waals surface area (Å²) >= 11 is 3.99. The van der Waals surface area contributed by atoms with Crippen molar-refractivity contribution in [1.29, 1.82) is 0 Å². The van der Waals surface area contributed by atoms with Crippen LogP contribution < -0.4 is 16.4 Å². The zero-order chi connectivity index (χ0) is 19.1. The van der Waals surface area contributed by atoms with Gasteiger partial charge in [0.05, 0.1) is 12.6 Å². The summed E-state index contributed by atoms with van der Waals surface area (Å²) in [6, 6.07) is -3.33. The normalized spacial score (nSPS) is 20.5. The number of carboxylic acid groups (broad SMARTS) is 1. The van der Waals surface area contributed by atoms with Crippen LogP contribution in [0.15, 0.2) is 0 Å². The van der Waals surface area contributed by atoms with Gasteiger partial charge in [-0.1, -0.05) is 0 Å². The molecule has 1 aliphatic heterocycles. The Hall–Kier alpha value is -1.85. The van der Waals surface area contributed by atoms with Crippen LogP contribution in [0.3, 0.4) is 0 Å². The van der Waals surface area contributed by atoms with Crippen LogP contribution in [-0.2, 0) is 19.2 Å². The molecule has 3 amide bonds. The van der Waals surface area contributed by atoms with E-state index in [1.54, 1.807) is 0 Å². The first-order valence-corrected chi connectivity index (χ1v) is 8.48. The Kier molecular flexibility index (Phi) is 8.13. The van der Waals surface area contributed by atoms with E-state index in [0.29, 0.717) is 19.4 Å². The van der Waals surface area contributed by atoms with Crippen molar-refractivity contribution in [3.8, 4) is 0 Å². The van der Waals surface area contributed by atoms with Crippen molar-refractivity contribution in [2.45, 2.75) is 44.0 Å². The average Bonchev–Trinajstić information content (AvgIpc) is 3.05. The minimum absolute atomic E-state index is 0.0821. The highest BCUT2D eigenvalue weighted by atomic mass is 32.1. The quantitative estimate of drug-likeness (QED) is 0.251. The van der Waals surface area contributed by atoms with E-state index >= 15 is 0 Å². The Labute approximate surface area is 150 Å². The van der Waals surface area contributed by atoms with Gasteiger partial charge in [0, 0.05) is 12.3 Å². The van der Waals surface area contributed by atoms with Crippen molar-refractivity contribution >= 4 is 36.3 Å². The van der Waals surface area contributed by atoms with E-state index in [4.69, 9.17) is 10.8 Å². The van der Waals surface area contributed by atoms with Gasteiger partial charge in [-0.05, 0) is 19.8 Å². The van der Waals surface area contributed by atoms with Crippen LogP contribution in [0.25, 0.3) is 0 Å². The van der Waals surface area contributed by atoms with Gasteiger partial charge >= 0.3 is 5.97 Å². The molecular formula is C14H24N4O6S. The fourth-order valence-corrected chi connectivity index (χ4v) is 2.82. The zero-order valence-electron chi connectivity index (χ0n) is 13.8. The number of nitrogens with zero attached hydrogens (tertiary/aromatic N) is 1. The lowest BCUT2D eigenvalue weighted by atomic mass is 10.1. The van der Waals surface area contributed by atoms with Gasteiger partial charge in [-0.2, -0.15) is 12.6 Å². The molecule has 4 unspecified atom stereocenters. The number of carbonyl (C=O) groups is 4. The monoisotopic (exact) mass is 376 g/mol. The Morgan fingerprint density at radius 3 is 2.44 bits per heavy atom. The van der Waals surface area contributed by atoms with Crippen LogP contribution in [-0.4, -0.2) is 81.9 Å². The molecule has 0 radical (unpaired) electrons. The Morgan fingerprint density at radius 1 is 1.32 bits per heavy atom. The molecule has 1 rings (SSSR count). The summed E-state index contributed by atoms with van der Waals surface area (Å²) in [7, 11) is 0. The van der Waals surface area contributed by atoms with Crippen LogP contribution in [0.4, 0.5) is 0 Å². The maximum atomic E-state index is 12.4. The number of nitrogens with two attached hydrogens (primary N) is 1. The van der Waals surface area contributed by atoms with E-state index < -0.39 is 42.0 Å².